The van der Waals surface area contributed by atoms with Crippen LogP contribution < -0.4 is 15.6 Å². The summed E-state index contributed by atoms with van der Waals surface area (Å²) in [5, 5.41) is 5.04. The van der Waals surface area contributed by atoms with E-state index in [1.807, 2.05) is 13.8 Å². The average molecular weight is 274 g/mol. The lowest BCUT2D eigenvalue weighted by Crippen LogP contribution is -2.30. The van der Waals surface area contributed by atoms with Gasteiger partial charge in [0.05, 0.1) is 10.5 Å². The molecule has 0 heterocycles. The van der Waals surface area contributed by atoms with E-state index in [1.165, 1.54) is 18.2 Å². The molecule has 1 aromatic carbocycles. The third kappa shape index (κ3) is 4.17. The normalized spacial score (nSPS) is 12.4. The van der Waals surface area contributed by atoms with Crippen molar-refractivity contribution in [3.8, 4) is 5.75 Å². The second-order valence-corrected chi connectivity index (χ2v) is 6.10. The van der Waals surface area contributed by atoms with Crippen LogP contribution in [-0.2, 0) is 14.8 Å². The predicted octanol–water partition coefficient (Wildman–Crippen LogP) is 0.720. The standard InChI is InChI=1S/C11H18N2O4S/c1-11(2,16-3)7-17-9-4-8(12)5-10(6-9)18(13,14)15/h4-6H,7,12H2,1-3H3,(H2,13,14,15). The van der Waals surface area contributed by atoms with Crippen molar-refractivity contribution >= 4 is 15.7 Å². The van der Waals surface area contributed by atoms with E-state index < -0.39 is 15.6 Å². The Morgan fingerprint density at radius 1 is 1.28 bits per heavy atom. The van der Waals surface area contributed by atoms with E-state index in [2.05, 4.69) is 0 Å². The number of ether oxygens (including phenoxy) is 2. The predicted molar refractivity (Wildman–Crippen MR) is 68.8 cm³/mol. The highest BCUT2D eigenvalue weighted by molar-refractivity contribution is 7.89. The molecule has 0 aromatic heterocycles. The quantitative estimate of drug-likeness (QED) is 0.770. The van der Waals surface area contributed by atoms with Gasteiger partial charge in [0.1, 0.15) is 12.4 Å². The molecule has 0 spiro atoms. The van der Waals surface area contributed by atoms with Crippen LogP contribution in [0.2, 0.25) is 0 Å². The van der Waals surface area contributed by atoms with Crippen LogP contribution in [0.4, 0.5) is 5.69 Å². The fraction of sp³-hybridized carbons (Fsp3) is 0.455. The van der Waals surface area contributed by atoms with Crippen LogP contribution in [0, 0.1) is 0 Å². The Kier molecular flexibility index (Phi) is 4.20. The van der Waals surface area contributed by atoms with Gasteiger partial charge in [-0.3, -0.25) is 0 Å². The number of benzene rings is 1. The van der Waals surface area contributed by atoms with Gasteiger partial charge in [-0.15, -0.1) is 0 Å². The van der Waals surface area contributed by atoms with Crippen LogP contribution in [0.25, 0.3) is 0 Å². The summed E-state index contributed by atoms with van der Waals surface area (Å²) in [5.74, 6) is 0.337. The SMILES string of the molecule is COC(C)(C)COc1cc(N)cc(S(N)(=O)=O)c1. The summed E-state index contributed by atoms with van der Waals surface area (Å²) in [6.07, 6.45) is 0. The van der Waals surface area contributed by atoms with E-state index >= 15 is 0 Å². The fourth-order valence-corrected chi connectivity index (χ4v) is 1.74. The van der Waals surface area contributed by atoms with E-state index in [4.69, 9.17) is 20.3 Å². The first-order chi connectivity index (χ1) is 8.14. The number of rotatable bonds is 5. The van der Waals surface area contributed by atoms with Gasteiger partial charge < -0.3 is 15.2 Å². The number of sulfonamides is 1. The van der Waals surface area contributed by atoms with Crippen LogP contribution in [-0.4, -0.2) is 27.7 Å². The number of hydrogen-bond donors (Lipinski definition) is 2. The summed E-state index contributed by atoms with van der Waals surface area (Å²) in [6.45, 7) is 3.96. The molecule has 18 heavy (non-hydrogen) atoms. The number of methoxy groups -OCH3 is 1. The topological polar surface area (TPSA) is 105 Å². The van der Waals surface area contributed by atoms with Crippen LogP contribution in [0.1, 0.15) is 13.8 Å². The molecule has 0 saturated carbocycles. The number of primary sulfonamides is 1. The van der Waals surface area contributed by atoms with Crippen LogP contribution in [0.15, 0.2) is 23.1 Å². The van der Waals surface area contributed by atoms with Crippen LogP contribution >= 0.6 is 0 Å². The monoisotopic (exact) mass is 274 g/mol. The first-order valence-corrected chi connectivity index (χ1v) is 6.80. The van der Waals surface area contributed by atoms with Crippen molar-refractivity contribution in [3.63, 3.8) is 0 Å². The van der Waals surface area contributed by atoms with Gasteiger partial charge in [-0.05, 0) is 19.9 Å². The van der Waals surface area contributed by atoms with E-state index in [9.17, 15) is 8.42 Å². The molecule has 1 aromatic rings. The third-order valence-electron chi connectivity index (χ3n) is 2.37. The summed E-state index contributed by atoms with van der Waals surface area (Å²) >= 11 is 0. The van der Waals surface area contributed by atoms with Crippen molar-refractivity contribution in [1.29, 1.82) is 0 Å². The van der Waals surface area contributed by atoms with Gasteiger partial charge >= 0.3 is 0 Å². The van der Waals surface area contributed by atoms with Crippen molar-refractivity contribution in [2.45, 2.75) is 24.3 Å². The summed E-state index contributed by atoms with van der Waals surface area (Å²) < 4.78 is 33.1. The molecule has 0 saturated heterocycles. The zero-order valence-corrected chi connectivity index (χ0v) is 11.5. The first kappa shape index (κ1) is 14.7. The largest absolute Gasteiger partial charge is 0.490 e. The van der Waals surface area contributed by atoms with Gasteiger partial charge in [0.15, 0.2) is 0 Å². The molecule has 0 fully saturated rings. The lowest BCUT2D eigenvalue weighted by molar-refractivity contribution is -0.0147. The van der Waals surface area contributed by atoms with Gasteiger partial charge in [0.2, 0.25) is 10.0 Å². The number of nitrogen functional groups attached to an aromatic ring is 1. The van der Waals surface area contributed by atoms with E-state index in [1.54, 1.807) is 7.11 Å². The second-order valence-electron chi connectivity index (χ2n) is 4.54. The van der Waals surface area contributed by atoms with Gasteiger partial charge in [-0.1, -0.05) is 0 Å². The van der Waals surface area contributed by atoms with Gasteiger partial charge in [-0.2, -0.15) is 0 Å². The molecule has 1 rings (SSSR count). The smallest absolute Gasteiger partial charge is 0.238 e. The molecule has 0 amide bonds. The van der Waals surface area contributed by atoms with E-state index in [0.29, 0.717) is 5.75 Å². The summed E-state index contributed by atoms with van der Waals surface area (Å²) in [7, 11) is -2.23. The Balaban J connectivity index is 2.95. The lowest BCUT2D eigenvalue weighted by atomic mass is 10.1. The molecule has 6 nitrogen and oxygen atoms in total. The summed E-state index contributed by atoms with van der Waals surface area (Å²) in [4.78, 5) is -0.0762. The van der Waals surface area contributed by atoms with Crippen molar-refractivity contribution in [2.24, 2.45) is 5.14 Å². The number of hydrogen-bond acceptors (Lipinski definition) is 5. The molecular formula is C11H18N2O4S. The Hall–Kier alpha value is -1.31. The van der Waals surface area contributed by atoms with Crippen molar-refractivity contribution in [2.75, 3.05) is 19.5 Å². The minimum Gasteiger partial charge on any atom is -0.490 e. The Morgan fingerprint density at radius 2 is 1.89 bits per heavy atom. The highest BCUT2D eigenvalue weighted by Gasteiger charge is 2.18. The lowest BCUT2D eigenvalue weighted by Gasteiger charge is -2.23. The molecule has 0 atom stereocenters. The maximum absolute atomic E-state index is 11.2. The maximum atomic E-state index is 11.2. The number of nitrogens with two attached hydrogens (primary N) is 2. The Labute approximate surface area is 107 Å². The average Bonchev–Trinajstić information content (AvgIpc) is 2.25. The molecule has 0 aliphatic carbocycles. The molecule has 0 aliphatic rings. The minimum absolute atomic E-state index is 0.0762. The fourth-order valence-electron chi connectivity index (χ4n) is 1.16. The molecule has 0 radical (unpaired) electrons. The van der Waals surface area contributed by atoms with Crippen LogP contribution in [0.5, 0.6) is 5.75 Å². The zero-order chi connectivity index (χ0) is 14.0. The van der Waals surface area contributed by atoms with E-state index in [-0.39, 0.29) is 17.2 Å². The molecule has 7 heteroatoms. The summed E-state index contributed by atoms with van der Waals surface area (Å²) in [6, 6.07) is 4.14. The molecule has 0 bridgehead atoms. The molecule has 0 aliphatic heterocycles. The molecular weight excluding hydrogens is 256 g/mol. The Bertz CT molecular complexity index is 526. The van der Waals surface area contributed by atoms with Gasteiger partial charge in [0.25, 0.3) is 0 Å². The molecule has 4 N–H and O–H groups in total. The molecule has 102 valence electrons. The second kappa shape index (κ2) is 5.13. The zero-order valence-electron chi connectivity index (χ0n) is 10.6. The van der Waals surface area contributed by atoms with Crippen LogP contribution in [0.3, 0.4) is 0 Å². The minimum atomic E-state index is -3.80. The third-order valence-corrected chi connectivity index (χ3v) is 3.26. The van der Waals surface area contributed by atoms with Crippen molar-refractivity contribution < 1.29 is 17.9 Å². The van der Waals surface area contributed by atoms with Gasteiger partial charge in [0, 0.05) is 24.9 Å². The Morgan fingerprint density at radius 3 is 2.39 bits per heavy atom. The number of anilines is 1. The van der Waals surface area contributed by atoms with E-state index in [0.717, 1.165) is 0 Å². The van der Waals surface area contributed by atoms with Gasteiger partial charge in [-0.25, -0.2) is 13.6 Å². The highest BCUT2D eigenvalue weighted by atomic mass is 32.2. The maximum Gasteiger partial charge on any atom is 0.238 e. The van der Waals surface area contributed by atoms with Crippen molar-refractivity contribution in [3.05, 3.63) is 18.2 Å². The van der Waals surface area contributed by atoms with Crippen molar-refractivity contribution in [1.82, 2.24) is 0 Å². The highest BCUT2D eigenvalue weighted by Crippen LogP contribution is 2.22. The first-order valence-electron chi connectivity index (χ1n) is 5.25. The molecule has 0 unspecified atom stereocenters. The summed E-state index contributed by atoms with van der Waals surface area (Å²) in [5.41, 5.74) is 5.39.